The van der Waals surface area contributed by atoms with Crippen molar-refractivity contribution in [2.75, 3.05) is 17.3 Å². The van der Waals surface area contributed by atoms with Crippen molar-refractivity contribution in [3.05, 3.63) is 35.9 Å². The smallest absolute Gasteiger partial charge is 0.230 e. The molecule has 1 aliphatic rings. The summed E-state index contributed by atoms with van der Waals surface area (Å²) in [5.74, 6) is 0.766. The summed E-state index contributed by atoms with van der Waals surface area (Å²) < 4.78 is 22.8. The predicted molar refractivity (Wildman–Crippen MR) is 82.8 cm³/mol. The number of nitrogens with one attached hydrogen (secondary N) is 1. The minimum Gasteiger partial charge on any atom is -0.350 e. The number of sulfone groups is 1. The molecule has 0 saturated carbocycles. The molecule has 0 radical (unpaired) electrons. The number of amides is 1. The Labute approximate surface area is 128 Å². The van der Waals surface area contributed by atoms with Crippen molar-refractivity contribution in [2.45, 2.75) is 17.2 Å². The first-order valence-corrected chi connectivity index (χ1v) is 9.63. The number of hydrogen-bond donors (Lipinski definition) is 1. The summed E-state index contributed by atoms with van der Waals surface area (Å²) in [6.07, 6.45) is 0. The van der Waals surface area contributed by atoms with Gasteiger partial charge in [0.1, 0.15) is 0 Å². The van der Waals surface area contributed by atoms with Crippen molar-refractivity contribution in [1.82, 2.24) is 5.32 Å². The lowest BCUT2D eigenvalue weighted by Crippen LogP contribution is -2.41. The maximum absolute atomic E-state index is 11.8. The van der Waals surface area contributed by atoms with E-state index in [1.54, 1.807) is 0 Å². The maximum atomic E-state index is 11.8. The summed E-state index contributed by atoms with van der Waals surface area (Å²) in [6.45, 7) is 0. The summed E-state index contributed by atoms with van der Waals surface area (Å²) in [5.41, 5.74) is 1.16. The van der Waals surface area contributed by atoms with Crippen molar-refractivity contribution < 1.29 is 13.2 Å². The monoisotopic (exact) mass is 333 g/mol. The van der Waals surface area contributed by atoms with E-state index in [9.17, 15) is 13.2 Å². The topological polar surface area (TPSA) is 63.2 Å². The van der Waals surface area contributed by atoms with Crippen molar-refractivity contribution in [2.24, 2.45) is 0 Å². The van der Waals surface area contributed by atoms with Gasteiger partial charge in [0.25, 0.3) is 0 Å². The second-order valence-electron chi connectivity index (χ2n) is 4.75. The minimum atomic E-state index is -3.11. The highest BCUT2D eigenvalue weighted by molar-refractivity contribution is 7.99. The third-order valence-corrected chi connectivity index (χ3v) is 6.35. The Kier molecular flexibility index (Phi) is 5.35. The maximum Gasteiger partial charge on any atom is 0.230 e. The van der Waals surface area contributed by atoms with Gasteiger partial charge < -0.3 is 5.32 Å². The second-order valence-corrected chi connectivity index (χ2v) is 8.45. The molecule has 1 aliphatic heterocycles. The van der Waals surface area contributed by atoms with Gasteiger partial charge in [0, 0.05) is 5.75 Å². The first-order chi connectivity index (χ1) is 9.46. The van der Waals surface area contributed by atoms with Crippen LogP contribution >= 0.6 is 23.4 Å². The predicted octanol–water partition coefficient (Wildman–Crippen LogP) is 1.44. The molecule has 1 N–H and O–H groups in total. The molecule has 0 spiro atoms. The SMILES string of the molecule is O=C(CSCc1ccccc1)N[C@H]1CS(=O)(=O)C[C@@H]1Cl. The van der Waals surface area contributed by atoms with Gasteiger partial charge in [0.15, 0.2) is 9.84 Å². The summed E-state index contributed by atoms with van der Waals surface area (Å²) in [7, 11) is -3.11. The van der Waals surface area contributed by atoms with Crippen LogP contribution in [0.3, 0.4) is 0 Å². The average molecular weight is 334 g/mol. The molecule has 4 nitrogen and oxygen atoms in total. The molecule has 1 amide bonds. The number of carbonyl (C=O) groups is 1. The third kappa shape index (κ3) is 4.68. The Morgan fingerprint density at radius 1 is 1.30 bits per heavy atom. The Balaban J connectivity index is 1.73. The largest absolute Gasteiger partial charge is 0.350 e. The van der Waals surface area contributed by atoms with Crippen LogP contribution in [0.2, 0.25) is 0 Å². The Bertz CT molecular complexity index is 562. The first-order valence-electron chi connectivity index (χ1n) is 6.22. The van der Waals surface area contributed by atoms with Crippen molar-refractivity contribution in [1.29, 1.82) is 0 Å². The molecule has 2 atom stereocenters. The third-order valence-electron chi connectivity index (χ3n) is 2.97. The van der Waals surface area contributed by atoms with E-state index in [0.717, 1.165) is 11.3 Å². The molecule has 0 aliphatic carbocycles. The number of thioether (sulfide) groups is 1. The number of halogens is 1. The number of benzene rings is 1. The van der Waals surface area contributed by atoms with Crippen LogP contribution in [-0.4, -0.2) is 43.0 Å². The molecule has 2 rings (SSSR count). The zero-order valence-corrected chi connectivity index (χ0v) is 13.2. The molecular weight excluding hydrogens is 318 g/mol. The Hall–Kier alpha value is -0.720. The van der Waals surface area contributed by atoms with E-state index in [-0.39, 0.29) is 17.4 Å². The highest BCUT2D eigenvalue weighted by Gasteiger charge is 2.37. The van der Waals surface area contributed by atoms with Gasteiger partial charge in [-0.25, -0.2) is 8.42 Å². The van der Waals surface area contributed by atoms with Gasteiger partial charge in [-0.05, 0) is 5.56 Å². The van der Waals surface area contributed by atoms with Gasteiger partial charge in [-0.2, -0.15) is 0 Å². The van der Waals surface area contributed by atoms with Crippen molar-refractivity contribution >= 4 is 39.1 Å². The van der Waals surface area contributed by atoms with Gasteiger partial charge in [-0.1, -0.05) is 30.3 Å². The number of carbonyl (C=O) groups excluding carboxylic acids is 1. The fraction of sp³-hybridized carbons (Fsp3) is 0.462. The minimum absolute atomic E-state index is 0.0589. The summed E-state index contributed by atoms with van der Waals surface area (Å²) in [5, 5.41) is 2.17. The second kappa shape index (κ2) is 6.83. The summed E-state index contributed by atoms with van der Waals surface area (Å²) in [6, 6.07) is 9.40. The van der Waals surface area contributed by atoms with Crippen LogP contribution in [0.1, 0.15) is 5.56 Å². The van der Waals surface area contributed by atoms with Crippen molar-refractivity contribution in [3.8, 4) is 0 Å². The molecule has 1 aromatic rings. The molecule has 1 heterocycles. The Morgan fingerprint density at radius 3 is 2.60 bits per heavy atom. The van der Waals surface area contributed by atoms with Crippen molar-refractivity contribution in [3.63, 3.8) is 0 Å². The molecule has 0 bridgehead atoms. The average Bonchev–Trinajstić information content (AvgIpc) is 2.63. The fourth-order valence-electron chi connectivity index (χ4n) is 2.02. The molecule has 0 unspecified atom stereocenters. The molecule has 7 heteroatoms. The normalized spacial score (nSPS) is 24.4. The number of hydrogen-bond acceptors (Lipinski definition) is 4. The van der Waals surface area contributed by atoms with Crippen LogP contribution in [0.15, 0.2) is 30.3 Å². The van der Waals surface area contributed by atoms with Crippen LogP contribution in [0.25, 0.3) is 0 Å². The van der Waals surface area contributed by atoms with E-state index >= 15 is 0 Å². The lowest BCUT2D eigenvalue weighted by molar-refractivity contribution is -0.119. The summed E-state index contributed by atoms with van der Waals surface area (Å²) >= 11 is 7.43. The standard InChI is InChI=1S/C13H16ClNO3S2/c14-11-8-20(17,18)9-12(11)15-13(16)7-19-6-10-4-2-1-3-5-10/h1-5,11-12H,6-9H2,(H,15,16)/t11-,12-/m0/s1. The lowest BCUT2D eigenvalue weighted by Gasteiger charge is -2.14. The van der Waals surface area contributed by atoms with Crippen LogP contribution in [0.5, 0.6) is 0 Å². The van der Waals surface area contributed by atoms with Crippen LogP contribution in [-0.2, 0) is 20.4 Å². The van der Waals surface area contributed by atoms with Gasteiger partial charge >= 0.3 is 0 Å². The van der Waals surface area contributed by atoms with Gasteiger partial charge in [-0.15, -0.1) is 23.4 Å². The molecule has 110 valence electrons. The zero-order chi connectivity index (χ0) is 14.6. The van der Waals surface area contributed by atoms with Gasteiger partial charge in [-0.3, -0.25) is 4.79 Å². The van der Waals surface area contributed by atoms with Gasteiger partial charge in [0.2, 0.25) is 5.91 Å². The molecule has 0 aromatic heterocycles. The Morgan fingerprint density at radius 2 is 2.00 bits per heavy atom. The molecule has 20 heavy (non-hydrogen) atoms. The molecular formula is C13H16ClNO3S2. The highest BCUT2D eigenvalue weighted by Crippen LogP contribution is 2.18. The molecule has 1 aromatic carbocycles. The first kappa shape index (κ1) is 15.7. The molecule has 1 fully saturated rings. The van der Waals surface area contributed by atoms with E-state index in [4.69, 9.17) is 11.6 Å². The van der Waals surface area contributed by atoms with E-state index in [1.165, 1.54) is 11.8 Å². The van der Waals surface area contributed by atoms with Crippen LogP contribution in [0, 0.1) is 0 Å². The fourth-order valence-corrected chi connectivity index (χ4v) is 5.37. The number of alkyl halides is 1. The van der Waals surface area contributed by atoms with E-state index in [1.807, 2.05) is 30.3 Å². The zero-order valence-electron chi connectivity index (χ0n) is 10.8. The molecule has 1 saturated heterocycles. The van der Waals surface area contributed by atoms with Crippen LogP contribution < -0.4 is 5.32 Å². The van der Waals surface area contributed by atoms with Crippen LogP contribution in [0.4, 0.5) is 0 Å². The van der Waals surface area contributed by atoms with Gasteiger partial charge in [0.05, 0.1) is 28.7 Å². The van der Waals surface area contributed by atoms with E-state index < -0.39 is 21.3 Å². The summed E-state index contributed by atoms with van der Waals surface area (Å²) in [4.78, 5) is 11.8. The van der Waals surface area contributed by atoms with E-state index in [2.05, 4.69) is 5.32 Å². The number of rotatable bonds is 5. The lowest BCUT2D eigenvalue weighted by atomic mass is 10.2. The van der Waals surface area contributed by atoms with E-state index in [0.29, 0.717) is 5.75 Å². The highest BCUT2D eigenvalue weighted by atomic mass is 35.5. The quantitative estimate of drug-likeness (QED) is 0.828.